The van der Waals surface area contributed by atoms with E-state index in [2.05, 4.69) is 10.4 Å². The molecule has 128 valence electrons. The Labute approximate surface area is 139 Å². The molecule has 0 unspecified atom stereocenters. The van der Waals surface area contributed by atoms with Gasteiger partial charge in [0.15, 0.2) is 0 Å². The first-order valence-electron chi connectivity index (χ1n) is 8.03. The van der Waals surface area contributed by atoms with Gasteiger partial charge < -0.3 is 5.32 Å². The lowest BCUT2D eigenvalue weighted by Gasteiger charge is -2.12. The highest BCUT2D eigenvalue weighted by molar-refractivity contribution is 5.91. The molecule has 1 aromatic carbocycles. The molecule has 0 atom stereocenters. The smallest absolute Gasteiger partial charge is 0.350 e. The predicted octanol–water partition coefficient (Wildman–Crippen LogP) is 1.19. The first kappa shape index (κ1) is 17.7. The number of rotatable bonds is 6. The van der Waals surface area contributed by atoms with Gasteiger partial charge >= 0.3 is 5.69 Å². The minimum Gasteiger partial charge on any atom is -0.350 e. The molecule has 2 aromatic rings. The fourth-order valence-electron chi connectivity index (χ4n) is 2.20. The molecule has 1 heterocycles. The SMILES string of the molecule is CCCn1c(=O)c(C(=O)NCC(C)C)nn(-c2ccccc2)c1=O. The lowest BCUT2D eigenvalue weighted by Crippen LogP contribution is -2.46. The number of amides is 1. The van der Waals surface area contributed by atoms with Gasteiger partial charge in [-0.15, -0.1) is 0 Å². The van der Waals surface area contributed by atoms with Crippen molar-refractivity contribution >= 4 is 5.91 Å². The van der Waals surface area contributed by atoms with Crippen LogP contribution in [0.5, 0.6) is 0 Å². The van der Waals surface area contributed by atoms with E-state index in [1.807, 2.05) is 26.8 Å². The molecule has 0 aliphatic heterocycles. The van der Waals surface area contributed by atoms with Crippen molar-refractivity contribution in [3.05, 3.63) is 56.9 Å². The van der Waals surface area contributed by atoms with Crippen LogP contribution in [-0.2, 0) is 6.54 Å². The Kier molecular flexibility index (Phi) is 5.68. The zero-order valence-electron chi connectivity index (χ0n) is 14.2. The van der Waals surface area contributed by atoms with E-state index in [0.29, 0.717) is 18.7 Å². The van der Waals surface area contributed by atoms with Crippen molar-refractivity contribution < 1.29 is 4.79 Å². The molecule has 1 amide bonds. The maximum atomic E-state index is 12.6. The van der Waals surface area contributed by atoms with Crippen molar-refractivity contribution in [1.29, 1.82) is 0 Å². The molecule has 2 rings (SSSR count). The summed E-state index contributed by atoms with van der Waals surface area (Å²) in [6.07, 6.45) is 0.598. The Morgan fingerprint density at radius 3 is 2.46 bits per heavy atom. The highest BCUT2D eigenvalue weighted by Crippen LogP contribution is 2.02. The van der Waals surface area contributed by atoms with Crippen LogP contribution in [0.25, 0.3) is 5.69 Å². The molecule has 7 nitrogen and oxygen atoms in total. The third-order valence-corrected chi connectivity index (χ3v) is 3.39. The van der Waals surface area contributed by atoms with Crippen LogP contribution in [-0.4, -0.2) is 26.8 Å². The maximum absolute atomic E-state index is 12.6. The molecule has 0 saturated heterocycles. The van der Waals surface area contributed by atoms with Crippen LogP contribution in [0.1, 0.15) is 37.7 Å². The summed E-state index contributed by atoms with van der Waals surface area (Å²) in [7, 11) is 0. The number of carbonyl (C=O) groups excluding carboxylic acids is 1. The van der Waals surface area contributed by atoms with Gasteiger partial charge in [-0.3, -0.25) is 14.2 Å². The lowest BCUT2D eigenvalue weighted by atomic mass is 10.2. The predicted molar refractivity (Wildman–Crippen MR) is 91.6 cm³/mol. The Bertz CT molecular complexity index is 822. The van der Waals surface area contributed by atoms with Crippen molar-refractivity contribution in [1.82, 2.24) is 19.7 Å². The molecule has 0 saturated carbocycles. The first-order valence-corrected chi connectivity index (χ1v) is 8.03. The summed E-state index contributed by atoms with van der Waals surface area (Å²) in [6, 6.07) is 8.73. The van der Waals surface area contributed by atoms with Crippen LogP contribution in [0, 0.1) is 5.92 Å². The molecule has 7 heteroatoms. The molecule has 0 aliphatic rings. The lowest BCUT2D eigenvalue weighted by molar-refractivity contribution is 0.0939. The summed E-state index contributed by atoms with van der Waals surface area (Å²) >= 11 is 0. The van der Waals surface area contributed by atoms with E-state index in [0.717, 1.165) is 9.25 Å². The number of nitrogens with one attached hydrogen (secondary N) is 1. The molecule has 1 N–H and O–H groups in total. The van der Waals surface area contributed by atoms with Gasteiger partial charge in [-0.2, -0.15) is 9.78 Å². The van der Waals surface area contributed by atoms with E-state index in [-0.39, 0.29) is 18.2 Å². The largest absolute Gasteiger partial charge is 0.352 e. The number of para-hydroxylation sites is 1. The minimum atomic E-state index is -0.657. The third kappa shape index (κ3) is 3.79. The van der Waals surface area contributed by atoms with Gasteiger partial charge in [0.05, 0.1) is 5.69 Å². The third-order valence-electron chi connectivity index (χ3n) is 3.39. The Morgan fingerprint density at radius 1 is 1.21 bits per heavy atom. The van der Waals surface area contributed by atoms with Crippen molar-refractivity contribution in [3.8, 4) is 5.69 Å². The highest BCUT2D eigenvalue weighted by Gasteiger charge is 2.19. The number of nitrogens with zero attached hydrogens (tertiary/aromatic N) is 3. The fraction of sp³-hybridized carbons (Fsp3) is 0.412. The van der Waals surface area contributed by atoms with Gasteiger partial charge in [-0.1, -0.05) is 39.0 Å². The number of carbonyl (C=O) groups is 1. The van der Waals surface area contributed by atoms with Crippen LogP contribution < -0.4 is 16.6 Å². The monoisotopic (exact) mass is 330 g/mol. The van der Waals surface area contributed by atoms with E-state index >= 15 is 0 Å². The van der Waals surface area contributed by atoms with Crippen LogP contribution in [0.2, 0.25) is 0 Å². The van der Waals surface area contributed by atoms with E-state index in [9.17, 15) is 14.4 Å². The topological polar surface area (TPSA) is 86.0 Å². The van der Waals surface area contributed by atoms with Crippen molar-refractivity contribution in [2.24, 2.45) is 5.92 Å². The van der Waals surface area contributed by atoms with E-state index in [1.165, 1.54) is 0 Å². The van der Waals surface area contributed by atoms with Crippen molar-refractivity contribution in [3.63, 3.8) is 0 Å². The van der Waals surface area contributed by atoms with E-state index in [4.69, 9.17) is 0 Å². The molecular formula is C17H22N4O3. The summed E-state index contributed by atoms with van der Waals surface area (Å²) < 4.78 is 2.16. The van der Waals surface area contributed by atoms with Crippen molar-refractivity contribution in [2.45, 2.75) is 33.7 Å². The zero-order chi connectivity index (χ0) is 17.7. The highest BCUT2D eigenvalue weighted by atomic mass is 16.2. The second-order valence-electron chi connectivity index (χ2n) is 5.94. The summed E-state index contributed by atoms with van der Waals surface area (Å²) in [4.78, 5) is 37.3. The molecule has 0 radical (unpaired) electrons. The second-order valence-corrected chi connectivity index (χ2v) is 5.94. The van der Waals surface area contributed by atoms with Gasteiger partial charge in [-0.05, 0) is 24.5 Å². The van der Waals surface area contributed by atoms with E-state index < -0.39 is 17.2 Å². The normalized spacial score (nSPS) is 10.8. The Hall–Kier alpha value is -2.70. The van der Waals surface area contributed by atoms with Crippen LogP contribution in [0.3, 0.4) is 0 Å². The Morgan fingerprint density at radius 2 is 1.88 bits per heavy atom. The summed E-state index contributed by atoms with van der Waals surface area (Å²) in [5.74, 6) is -0.324. The standard InChI is InChI=1S/C17H22N4O3/c1-4-10-20-16(23)14(15(22)18-11-12(2)3)19-21(17(20)24)13-8-6-5-7-9-13/h5-9,12H,4,10-11H2,1-3H3,(H,18,22). The summed E-state index contributed by atoms with van der Waals surface area (Å²) in [5, 5.41) is 6.70. The summed E-state index contributed by atoms with van der Waals surface area (Å²) in [6.45, 7) is 6.43. The molecular weight excluding hydrogens is 308 g/mol. The number of hydrogen-bond acceptors (Lipinski definition) is 4. The average molecular weight is 330 g/mol. The van der Waals surface area contributed by atoms with Crippen LogP contribution >= 0.6 is 0 Å². The number of aromatic nitrogens is 3. The quantitative estimate of drug-likeness (QED) is 0.862. The molecule has 0 aliphatic carbocycles. The van der Waals surface area contributed by atoms with Crippen molar-refractivity contribution in [2.75, 3.05) is 6.54 Å². The van der Waals surface area contributed by atoms with Gasteiger partial charge in [0, 0.05) is 13.1 Å². The van der Waals surface area contributed by atoms with Gasteiger partial charge in [0.2, 0.25) is 5.69 Å². The van der Waals surface area contributed by atoms with Gasteiger partial charge in [0.1, 0.15) is 0 Å². The molecule has 1 aromatic heterocycles. The van der Waals surface area contributed by atoms with E-state index in [1.54, 1.807) is 24.3 Å². The molecule has 0 bridgehead atoms. The van der Waals surface area contributed by atoms with Gasteiger partial charge in [-0.25, -0.2) is 4.79 Å². The van der Waals surface area contributed by atoms with Gasteiger partial charge in [0.25, 0.3) is 11.5 Å². The second kappa shape index (κ2) is 7.72. The average Bonchev–Trinajstić information content (AvgIpc) is 2.57. The summed E-state index contributed by atoms with van der Waals surface area (Å²) in [5.41, 5.74) is -0.971. The number of benzene rings is 1. The first-order chi connectivity index (χ1) is 11.5. The van der Waals surface area contributed by atoms with Crippen LogP contribution in [0.15, 0.2) is 39.9 Å². The van der Waals surface area contributed by atoms with Crippen LogP contribution in [0.4, 0.5) is 0 Å². The molecule has 0 spiro atoms. The maximum Gasteiger partial charge on any atom is 0.352 e. The molecule has 0 fully saturated rings. The minimum absolute atomic E-state index is 0.234. The number of hydrogen-bond donors (Lipinski definition) is 1. The molecule has 24 heavy (non-hydrogen) atoms. The Balaban J connectivity index is 2.59. The fourth-order valence-corrected chi connectivity index (χ4v) is 2.20. The zero-order valence-corrected chi connectivity index (χ0v) is 14.2.